The second-order valence-corrected chi connectivity index (χ2v) is 3.77. The Morgan fingerprint density at radius 1 is 1.27 bits per heavy atom. The summed E-state index contributed by atoms with van der Waals surface area (Å²) >= 11 is 0. The van der Waals surface area contributed by atoms with E-state index in [-0.39, 0.29) is 0 Å². The second-order valence-electron chi connectivity index (χ2n) is 3.77. The zero-order chi connectivity index (χ0) is 10.7. The number of nitrogen functional groups attached to an aromatic ring is 2. The third kappa shape index (κ3) is 2.30. The molecule has 1 saturated heterocycles. The highest BCUT2D eigenvalue weighted by Gasteiger charge is 2.13. The molecule has 1 fully saturated rings. The van der Waals surface area contributed by atoms with E-state index in [1.165, 1.54) is 0 Å². The van der Waals surface area contributed by atoms with Gasteiger partial charge in [-0.2, -0.15) is 0 Å². The van der Waals surface area contributed by atoms with Crippen molar-refractivity contribution in [2.75, 3.05) is 42.5 Å². The van der Waals surface area contributed by atoms with Crippen LogP contribution in [0.25, 0.3) is 0 Å². The van der Waals surface area contributed by atoms with E-state index in [9.17, 15) is 0 Å². The molecule has 0 spiro atoms. The number of hydrogen-bond acceptors (Lipinski definition) is 5. The molecule has 82 valence electrons. The molecule has 0 unspecified atom stereocenters. The van der Waals surface area contributed by atoms with E-state index >= 15 is 0 Å². The summed E-state index contributed by atoms with van der Waals surface area (Å²) in [6, 6.07) is 1.76. The lowest BCUT2D eigenvalue weighted by atomic mass is 10.3. The van der Waals surface area contributed by atoms with Crippen LogP contribution in [-0.2, 0) is 0 Å². The maximum Gasteiger partial charge on any atom is 0.151 e. The smallest absolute Gasteiger partial charge is 0.151 e. The topological polar surface area (TPSA) is 80.2 Å². The number of nitrogens with zero attached hydrogens (tertiary/aromatic N) is 2. The molecule has 0 bridgehead atoms. The first-order valence-electron chi connectivity index (χ1n) is 5.24. The minimum Gasteiger partial charge on any atom is -0.397 e. The van der Waals surface area contributed by atoms with Crippen LogP contribution in [0.2, 0.25) is 0 Å². The molecule has 1 aliphatic rings. The van der Waals surface area contributed by atoms with Crippen molar-refractivity contribution < 1.29 is 0 Å². The Bertz CT molecular complexity index is 331. The van der Waals surface area contributed by atoms with E-state index < -0.39 is 0 Å². The number of aromatic nitrogens is 1. The van der Waals surface area contributed by atoms with Gasteiger partial charge in [0.05, 0.1) is 17.6 Å². The Morgan fingerprint density at radius 2 is 2.13 bits per heavy atom. The summed E-state index contributed by atoms with van der Waals surface area (Å²) in [4.78, 5) is 6.49. The molecule has 0 aromatic carbocycles. The Kier molecular flexibility index (Phi) is 2.91. The highest BCUT2D eigenvalue weighted by Crippen LogP contribution is 2.22. The molecule has 5 N–H and O–H groups in total. The highest BCUT2D eigenvalue weighted by atomic mass is 15.2. The van der Waals surface area contributed by atoms with Crippen LogP contribution < -0.4 is 21.7 Å². The van der Waals surface area contributed by atoms with Crippen molar-refractivity contribution in [1.29, 1.82) is 0 Å². The van der Waals surface area contributed by atoms with Gasteiger partial charge < -0.3 is 21.7 Å². The monoisotopic (exact) mass is 207 g/mol. The molecule has 5 heteroatoms. The minimum atomic E-state index is 0.615. The molecule has 0 atom stereocenters. The number of anilines is 3. The van der Waals surface area contributed by atoms with Gasteiger partial charge in [0.25, 0.3) is 0 Å². The summed E-state index contributed by atoms with van der Waals surface area (Å²) in [5.74, 6) is 0.855. The zero-order valence-electron chi connectivity index (χ0n) is 8.74. The molecular weight excluding hydrogens is 190 g/mol. The first kappa shape index (κ1) is 10.0. The van der Waals surface area contributed by atoms with Gasteiger partial charge in [-0.15, -0.1) is 0 Å². The van der Waals surface area contributed by atoms with Gasteiger partial charge in [-0.25, -0.2) is 4.98 Å². The van der Waals surface area contributed by atoms with Crippen LogP contribution in [0.5, 0.6) is 0 Å². The summed E-state index contributed by atoms with van der Waals surface area (Å²) in [5.41, 5.74) is 12.8. The summed E-state index contributed by atoms with van der Waals surface area (Å²) in [5, 5.41) is 3.34. The van der Waals surface area contributed by atoms with Crippen molar-refractivity contribution in [3.8, 4) is 0 Å². The van der Waals surface area contributed by atoms with Crippen molar-refractivity contribution in [3.05, 3.63) is 12.3 Å². The van der Waals surface area contributed by atoms with Gasteiger partial charge in [-0.1, -0.05) is 0 Å². The molecule has 0 amide bonds. The third-order valence-corrected chi connectivity index (χ3v) is 2.56. The standard InChI is InChI=1S/C10H17N5/c11-8-6-9(12)10(14-7-8)15-4-1-2-13-3-5-15/h6-7,13H,1-5,11-12H2. The van der Waals surface area contributed by atoms with Gasteiger partial charge in [0.15, 0.2) is 5.82 Å². The Balaban J connectivity index is 2.19. The quantitative estimate of drug-likeness (QED) is 0.606. The fourth-order valence-corrected chi connectivity index (χ4v) is 1.81. The molecule has 0 saturated carbocycles. The van der Waals surface area contributed by atoms with Gasteiger partial charge in [-0.3, -0.25) is 0 Å². The van der Waals surface area contributed by atoms with Crippen LogP contribution in [-0.4, -0.2) is 31.2 Å². The SMILES string of the molecule is Nc1cnc(N2CCCNCC2)c(N)c1. The van der Waals surface area contributed by atoms with E-state index in [0.29, 0.717) is 11.4 Å². The third-order valence-electron chi connectivity index (χ3n) is 2.56. The molecule has 1 aromatic heterocycles. The summed E-state index contributed by atoms with van der Waals surface area (Å²) in [6.45, 7) is 3.98. The molecule has 5 nitrogen and oxygen atoms in total. The van der Waals surface area contributed by atoms with Crippen molar-refractivity contribution in [2.24, 2.45) is 0 Å². The Morgan fingerprint density at radius 3 is 2.93 bits per heavy atom. The average Bonchev–Trinajstić information content (AvgIpc) is 2.46. The van der Waals surface area contributed by atoms with Crippen molar-refractivity contribution in [2.45, 2.75) is 6.42 Å². The van der Waals surface area contributed by atoms with E-state index in [2.05, 4.69) is 15.2 Å². The van der Waals surface area contributed by atoms with Crippen molar-refractivity contribution >= 4 is 17.2 Å². The Labute approximate surface area is 89.5 Å². The van der Waals surface area contributed by atoms with Crippen LogP contribution in [0.4, 0.5) is 17.2 Å². The Hall–Kier alpha value is -1.49. The maximum atomic E-state index is 5.90. The highest BCUT2D eigenvalue weighted by molar-refractivity contribution is 5.66. The van der Waals surface area contributed by atoms with Crippen molar-refractivity contribution in [3.63, 3.8) is 0 Å². The molecule has 15 heavy (non-hydrogen) atoms. The summed E-state index contributed by atoms with van der Waals surface area (Å²) in [7, 11) is 0. The minimum absolute atomic E-state index is 0.615. The predicted octanol–water partition coefficient (Wildman–Crippen LogP) is 0.0457. The van der Waals surface area contributed by atoms with E-state index in [1.807, 2.05) is 0 Å². The molecule has 1 aliphatic heterocycles. The molecule has 2 rings (SSSR count). The molecule has 0 radical (unpaired) electrons. The number of nitrogens with two attached hydrogens (primary N) is 2. The van der Waals surface area contributed by atoms with E-state index in [4.69, 9.17) is 11.5 Å². The van der Waals surface area contributed by atoms with Crippen LogP contribution in [0.15, 0.2) is 12.3 Å². The lowest BCUT2D eigenvalue weighted by Gasteiger charge is -2.22. The number of pyridine rings is 1. The molecule has 2 heterocycles. The van der Waals surface area contributed by atoms with Gasteiger partial charge in [-0.05, 0) is 19.0 Å². The van der Waals surface area contributed by atoms with Gasteiger partial charge >= 0.3 is 0 Å². The number of rotatable bonds is 1. The summed E-state index contributed by atoms with van der Waals surface area (Å²) < 4.78 is 0. The van der Waals surface area contributed by atoms with Crippen molar-refractivity contribution in [1.82, 2.24) is 10.3 Å². The van der Waals surface area contributed by atoms with E-state index in [1.54, 1.807) is 12.3 Å². The largest absolute Gasteiger partial charge is 0.397 e. The van der Waals surface area contributed by atoms with Gasteiger partial charge in [0.2, 0.25) is 0 Å². The normalized spacial score (nSPS) is 17.5. The van der Waals surface area contributed by atoms with Crippen LogP contribution in [0.1, 0.15) is 6.42 Å². The van der Waals surface area contributed by atoms with Crippen LogP contribution in [0.3, 0.4) is 0 Å². The lowest BCUT2D eigenvalue weighted by molar-refractivity contribution is 0.724. The van der Waals surface area contributed by atoms with Crippen LogP contribution in [0, 0.1) is 0 Å². The molecular formula is C10H17N5. The number of hydrogen-bond donors (Lipinski definition) is 3. The first-order valence-corrected chi connectivity index (χ1v) is 5.24. The van der Waals surface area contributed by atoms with Gasteiger partial charge in [0, 0.05) is 19.6 Å². The van der Waals surface area contributed by atoms with Gasteiger partial charge in [0.1, 0.15) is 0 Å². The molecule has 0 aliphatic carbocycles. The molecule has 1 aromatic rings. The lowest BCUT2D eigenvalue weighted by Crippen LogP contribution is -2.29. The second kappa shape index (κ2) is 4.35. The zero-order valence-corrected chi connectivity index (χ0v) is 8.74. The predicted molar refractivity (Wildman–Crippen MR) is 62.8 cm³/mol. The van der Waals surface area contributed by atoms with Crippen LogP contribution >= 0.6 is 0 Å². The average molecular weight is 207 g/mol. The number of nitrogens with one attached hydrogen (secondary N) is 1. The first-order chi connectivity index (χ1) is 7.27. The summed E-state index contributed by atoms with van der Waals surface area (Å²) in [6.07, 6.45) is 2.77. The fraction of sp³-hybridized carbons (Fsp3) is 0.500. The fourth-order valence-electron chi connectivity index (χ4n) is 1.81. The van der Waals surface area contributed by atoms with E-state index in [0.717, 1.165) is 38.4 Å². The maximum absolute atomic E-state index is 5.90.